The van der Waals surface area contributed by atoms with Crippen molar-refractivity contribution in [1.82, 2.24) is 9.88 Å². The molecule has 3 aromatic rings. The number of nitrogen functional groups attached to an aromatic ring is 1. The molecule has 1 aliphatic rings. The van der Waals surface area contributed by atoms with Crippen LogP contribution in [0.5, 0.6) is 5.75 Å². The summed E-state index contributed by atoms with van der Waals surface area (Å²) in [4.78, 5) is 21.4. The zero-order valence-electron chi connectivity index (χ0n) is 17.0. The third-order valence-corrected chi connectivity index (χ3v) is 6.37. The summed E-state index contributed by atoms with van der Waals surface area (Å²) in [5, 5.41) is 3.79. The van der Waals surface area contributed by atoms with E-state index in [2.05, 4.69) is 30.1 Å². The fourth-order valence-electron chi connectivity index (χ4n) is 3.62. The van der Waals surface area contributed by atoms with Crippen LogP contribution in [0.25, 0.3) is 10.2 Å². The summed E-state index contributed by atoms with van der Waals surface area (Å²) >= 11 is 1.36. The van der Waals surface area contributed by atoms with Gasteiger partial charge in [-0.05, 0) is 56.7 Å². The Hall–Kier alpha value is -2.64. The standard InChI is InChI=1S/C22H26N4O2S/c1-4-28-16-7-5-15(6-8-16)24-21(27)20-19(23)17-11-14-12-26(13(2)3)10-9-18(14)25-22(17)29-20/h5-8,11,13H,4,9-10,12,23H2,1-3H3,(H,24,27). The molecule has 0 bridgehead atoms. The van der Waals surface area contributed by atoms with Gasteiger partial charge in [0, 0.05) is 42.3 Å². The fraction of sp³-hybridized carbons (Fsp3) is 0.364. The summed E-state index contributed by atoms with van der Waals surface area (Å²) < 4.78 is 5.44. The minimum absolute atomic E-state index is 0.212. The van der Waals surface area contributed by atoms with Gasteiger partial charge in [0.1, 0.15) is 15.5 Å². The van der Waals surface area contributed by atoms with Crippen LogP contribution in [0.1, 0.15) is 41.7 Å². The molecular weight excluding hydrogens is 384 g/mol. The van der Waals surface area contributed by atoms with E-state index in [1.165, 1.54) is 16.9 Å². The maximum absolute atomic E-state index is 12.8. The van der Waals surface area contributed by atoms with Crippen LogP contribution in [0.15, 0.2) is 30.3 Å². The van der Waals surface area contributed by atoms with Gasteiger partial charge in [0.25, 0.3) is 5.91 Å². The fourth-order valence-corrected chi connectivity index (χ4v) is 4.61. The molecule has 6 nitrogen and oxygen atoms in total. The molecule has 1 amide bonds. The molecule has 0 saturated carbocycles. The van der Waals surface area contributed by atoms with Crippen LogP contribution in [-0.4, -0.2) is 35.0 Å². The monoisotopic (exact) mass is 410 g/mol. The Balaban J connectivity index is 1.59. The van der Waals surface area contributed by atoms with E-state index in [-0.39, 0.29) is 5.91 Å². The molecular formula is C22H26N4O2S. The number of carbonyl (C=O) groups excluding carboxylic acids is 1. The number of carbonyl (C=O) groups is 1. The van der Waals surface area contributed by atoms with Crippen LogP contribution in [0.3, 0.4) is 0 Å². The second-order valence-electron chi connectivity index (χ2n) is 7.52. The lowest BCUT2D eigenvalue weighted by molar-refractivity contribution is 0.103. The average molecular weight is 411 g/mol. The molecule has 1 aliphatic heterocycles. The Morgan fingerprint density at radius 2 is 2.10 bits per heavy atom. The van der Waals surface area contributed by atoms with E-state index >= 15 is 0 Å². The van der Waals surface area contributed by atoms with E-state index in [1.54, 1.807) is 0 Å². The van der Waals surface area contributed by atoms with Gasteiger partial charge in [-0.15, -0.1) is 11.3 Å². The second-order valence-corrected chi connectivity index (χ2v) is 8.52. The van der Waals surface area contributed by atoms with E-state index < -0.39 is 0 Å². The molecule has 4 rings (SSSR count). The van der Waals surface area contributed by atoms with Gasteiger partial charge in [0.05, 0.1) is 12.3 Å². The van der Waals surface area contributed by atoms with Crippen molar-refractivity contribution in [1.29, 1.82) is 0 Å². The second kappa shape index (κ2) is 8.00. The highest BCUT2D eigenvalue weighted by Crippen LogP contribution is 2.35. The number of hydrogen-bond donors (Lipinski definition) is 2. The predicted octanol–water partition coefficient (Wildman–Crippen LogP) is 4.30. The third kappa shape index (κ3) is 3.93. The van der Waals surface area contributed by atoms with Crippen molar-refractivity contribution in [3.8, 4) is 5.75 Å². The van der Waals surface area contributed by atoms with E-state index in [1.807, 2.05) is 31.2 Å². The first kappa shape index (κ1) is 19.7. The van der Waals surface area contributed by atoms with Crippen molar-refractivity contribution in [2.24, 2.45) is 0 Å². The van der Waals surface area contributed by atoms with Crippen LogP contribution >= 0.6 is 11.3 Å². The predicted molar refractivity (Wildman–Crippen MR) is 119 cm³/mol. The quantitative estimate of drug-likeness (QED) is 0.656. The Morgan fingerprint density at radius 3 is 2.79 bits per heavy atom. The third-order valence-electron chi connectivity index (χ3n) is 5.26. The summed E-state index contributed by atoms with van der Waals surface area (Å²) in [6.45, 7) is 8.84. The average Bonchev–Trinajstić information content (AvgIpc) is 3.03. The maximum atomic E-state index is 12.8. The van der Waals surface area contributed by atoms with Gasteiger partial charge in [0.15, 0.2) is 0 Å². The zero-order valence-corrected chi connectivity index (χ0v) is 17.8. The number of aromatic nitrogens is 1. The number of pyridine rings is 1. The first-order chi connectivity index (χ1) is 14.0. The molecule has 7 heteroatoms. The molecule has 0 aliphatic carbocycles. The first-order valence-corrected chi connectivity index (χ1v) is 10.8. The van der Waals surface area contributed by atoms with Gasteiger partial charge in [-0.1, -0.05) is 0 Å². The summed E-state index contributed by atoms with van der Waals surface area (Å²) in [5.41, 5.74) is 9.90. The molecule has 3 N–H and O–H groups in total. The van der Waals surface area contributed by atoms with Gasteiger partial charge in [-0.3, -0.25) is 9.69 Å². The van der Waals surface area contributed by atoms with Gasteiger partial charge < -0.3 is 15.8 Å². The van der Waals surface area contributed by atoms with Crippen LogP contribution in [0.4, 0.5) is 11.4 Å². The minimum atomic E-state index is -0.212. The molecule has 2 aromatic heterocycles. The van der Waals surface area contributed by atoms with Crippen molar-refractivity contribution >= 4 is 38.8 Å². The number of fused-ring (bicyclic) bond motifs is 2. The van der Waals surface area contributed by atoms with Gasteiger partial charge >= 0.3 is 0 Å². The minimum Gasteiger partial charge on any atom is -0.494 e. The number of hydrogen-bond acceptors (Lipinski definition) is 6. The summed E-state index contributed by atoms with van der Waals surface area (Å²) in [7, 11) is 0. The molecule has 152 valence electrons. The van der Waals surface area contributed by atoms with Crippen molar-refractivity contribution < 1.29 is 9.53 Å². The van der Waals surface area contributed by atoms with Crippen molar-refractivity contribution in [3.05, 3.63) is 46.5 Å². The molecule has 1 aromatic carbocycles. The number of nitrogens with two attached hydrogens (primary N) is 1. The Kier molecular flexibility index (Phi) is 5.43. The number of ether oxygens (including phenoxy) is 1. The van der Waals surface area contributed by atoms with Gasteiger partial charge in [0.2, 0.25) is 0 Å². The Morgan fingerprint density at radius 1 is 1.34 bits per heavy atom. The molecule has 0 spiro atoms. The first-order valence-electron chi connectivity index (χ1n) is 9.95. The summed E-state index contributed by atoms with van der Waals surface area (Å²) in [5.74, 6) is 0.563. The van der Waals surface area contributed by atoms with Crippen LogP contribution in [0, 0.1) is 0 Å². The Bertz CT molecular complexity index is 1040. The highest BCUT2D eigenvalue weighted by atomic mass is 32.1. The van der Waals surface area contributed by atoms with Crippen molar-refractivity contribution in [2.45, 2.75) is 39.8 Å². The lowest BCUT2D eigenvalue weighted by Crippen LogP contribution is -2.36. The lowest BCUT2D eigenvalue weighted by Gasteiger charge is -2.31. The number of nitrogens with one attached hydrogen (secondary N) is 1. The van der Waals surface area contributed by atoms with E-state index in [4.69, 9.17) is 15.5 Å². The number of nitrogens with zero attached hydrogens (tertiary/aromatic N) is 2. The Labute approximate surface area is 174 Å². The van der Waals surface area contributed by atoms with Crippen LogP contribution in [0.2, 0.25) is 0 Å². The zero-order chi connectivity index (χ0) is 20.5. The number of rotatable bonds is 5. The SMILES string of the molecule is CCOc1ccc(NC(=O)c2sc3nc4c(cc3c2N)CN(C(C)C)CC4)cc1. The van der Waals surface area contributed by atoms with Gasteiger partial charge in [-0.25, -0.2) is 4.98 Å². The number of thiophene rings is 1. The number of anilines is 2. The summed E-state index contributed by atoms with van der Waals surface area (Å²) in [6.07, 6.45) is 0.926. The van der Waals surface area contributed by atoms with E-state index in [9.17, 15) is 4.79 Å². The lowest BCUT2D eigenvalue weighted by atomic mass is 10.0. The smallest absolute Gasteiger partial charge is 0.267 e. The number of benzene rings is 1. The maximum Gasteiger partial charge on any atom is 0.267 e. The molecule has 0 fully saturated rings. The normalized spacial score (nSPS) is 14.2. The van der Waals surface area contributed by atoms with E-state index in [0.717, 1.165) is 41.2 Å². The van der Waals surface area contributed by atoms with E-state index in [0.29, 0.717) is 28.9 Å². The topological polar surface area (TPSA) is 80.5 Å². The molecule has 0 saturated heterocycles. The van der Waals surface area contributed by atoms with Gasteiger partial charge in [-0.2, -0.15) is 0 Å². The molecule has 0 radical (unpaired) electrons. The van der Waals surface area contributed by atoms with Crippen LogP contribution < -0.4 is 15.8 Å². The molecule has 0 unspecified atom stereocenters. The largest absolute Gasteiger partial charge is 0.494 e. The number of amides is 1. The molecule has 0 atom stereocenters. The highest BCUT2D eigenvalue weighted by Gasteiger charge is 2.23. The molecule has 29 heavy (non-hydrogen) atoms. The summed E-state index contributed by atoms with van der Waals surface area (Å²) in [6, 6.07) is 9.93. The van der Waals surface area contributed by atoms with Crippen molar-refractivity contribution in [2.75, 3.05) is 24.2 Å². The van der Waals surface area contributed by atoms with Crippen molar-refractivity contribution in [3.63, 3.8) is 0 Å². The van der Waals surface area contributed by atoms with Crippen LogP contribution in [-0.2, 0) is 13.0 Å². The molecule has 3 heterocycles. The highest BCUT2D eigenvalue weighted by molar-refractivity contribution is 7.21.